The van der Waals surface area contributed by atoms with Gasteiger partial charge in [-0.05, 0) is 222 Å². The van der Waals surface area contributed by atoms with Crippen molar-refractivity contribution in [2.75, 3.05) is 22.1 Å². The minimum atomic E-state index is -0.558. The van der Waals surface area contributed by atoms with Gasteiger partial charge in [-0.25, -0.2) is 24.2 Å². The lowest BCUT2D eigenvalue weighted by Gasteiger charge is -2.37. The van der Waals surface area contributed by atoms with E-state index in [0.717, 1.165) is 107 Å². The third kappa shape index (κ3) is 29.0. The van der Waals surface area contributed by atoms with E-state index in [1.807, 2.05) is 97.2 Å². The molecule has 1 aromatic heterocycles. The Kier molecular flexibility index (Phi) is 31.0. The summed E-state index contributed by atoms with van der Waals surface area (Å²) in [4.78, 5) is 102. The van der Waals surface area contributed by atoms with E-state index in [-0.39, 0.29) is 102 Å². The van der Waals surface area contributed by atoms with Crippen LogP contribution in [-0.2, 0) is 18.9 Å². The minimum Gasteiger partial charge on any atom is -0.444 e. The van der Waals surface area contributed by atoms with Gasteiger partial charge in [-0.1, -0.05) is 57.8 Å². The molecule has 7 amide bonds. The third-order valence-corrected chi connectivity index (χ3v) is 19.1. The van der Waals surface area contributed by atoms with E-state index >= 15 is 0 Å². The number of carbonyl (C=O) groups excluding carboxylic acids is 7. The first-order chi connectivity index (χ1) is 50.3. The summed E-state index contributed by atoms with van der Waals surface area (Å²) in [6, 6.07) is 17.2. The Morgan fingerprint density at radius 1 is 0.477 bits per heavy atom. The van der Waals surface area contributed by atoms with Gasteiger partial charge in [0.05, 0.1) is 27.3 Å². The van der Waals surface area contributed by atoms with Gasteiger partial charge in [0, 0.05) is 105 Å². The Labute approximate surface area is 637 Å². The number of nitriles is 1. The maximum absolute atomic E-state index is 12.7. The maximum Gasteiger partial charge on any atom is 0.407 e. The van der Waals surface area contributed by atoms with Crippen LogP contribution in [0.3, 0.4) is 0 Å². The minimum absolute atomic E-state index is 0.000511. The van der Waals surface area contributed by atoms with Crippen molar-refractivity contribution in [3.8, 4) is 4.98 Å². The molecule has 0 radical (unpaired) electrons. The molecule has 7 aliphatic rings. The molecule has 11 rings (SSSR count). The predicted molar refractivity (Wildman–Crippen MR) is 417 cm³/mol. The normalized spacial score (nSPS) is 22.1. The van der Waals surface area contributed by atoms with Gasteiger partial charge in [-0.2, -0.15) is 5.26 Å². The van der Waals surface area contributed by atoms with Gasteiger partial charge in [0.25, 0.3) is 23.4 Å². The fourth-order valence-corrected chi connectivity index (χ4v) is 13.7. The lowest BCUT2D eigenvalue weighted by atomic mass is 9.86. The summed E-state index contributed by atoms with van der Waals surface area (Å²) in [5.74, 6) is 0.0555. The average Bonchev–Trinajstić information content (AvgIpc) is 1.61. The Bertz CT molecular complexity index is 3700. The molecule has 7 saturated carbocycles. The average molecular weight is 1550 g/mol. The zero-order valence-electron chi connectivity index (χ0n) is 64.5. The van der Waals surface area contributed by atoms with Crippen LogP contribution in [0.2, 0.25) is 0 Å². The van der Waals surface area contributed by atoms with Crippen molar-refractivity contribution >= 4 is 97.8 Å². The number of nitrogens with one attached hydrogen (secondary N) is 9. The standard InChI is InChI=1S/C23H33N5O3.C22H32N4O5.C22H34N4O3.C9H18N2O2.CBrN/c1-23(2,3)31-22(30)26-16-12-17(13-16)28-19-10-9-14(11-18(19)27-21(28)24)20(29)25-15-7-5-4-6-8-15;1-22(2,3)31-21(28)25-17-12-16(13-17)23-18-10-9-14(11-19(18)26(29)30)20(27)24-15-7-5-4-6-8-15;1-22(2,3)29-21(28)26-17-12-16(13-17)24-19-10-9-14(11-18(19)23)20(27)25-15-7-5-4-6-8-15;1-9(2,3)13-8(12)11-7-4-6(10)5-7;2-1-3/h9-11,15-17H,4-8,12-13H2,1-3H3,(H2,24,27)(H,25,29)(H,26,30);9-11,15-17,23H,4-8,12-13H2,1-3H3,(H,24,27)(H,25,28);9-11,15-17,24H,4-8,12-13,23H2,1-3H3,(H,25,27)(H,26,28);6-7H,4-5,10H2,1-3H3,(H,11,12);. The van der Waals surface area contributed by atoms with Crippen molar-refractivity contribution in [1.82, 2.24) is 46.8 Å². The Morgan fingerprint density at radius 3 is 1.16 bits per heavy atom. The summed E-state index contributed by atoms with van der Waals surface area (Å²) in [6.45, 7) is 22.0. The number of fused-ring (bicyclic) bond motifs is 1. The van der Waals surface area contributed by atoms with E-state index in [9.17, 15) is 43.7 Å². The molecule has 4 aromatic rings. The van der Waals surface area contributed by atoms with Crippen molar-refractivity contribution in [3.05, 3.63) is 81.4 Å². The molecule has 0 aliphatic heterocycles. The smallest absolute Gasteiger partial charge is 0.407 e. The number of imidazole rings is 1. The van der Waals surface area contributed by atoms with E-state index in [2.05, 4.69) is 68.8 Å². The summed E-state index contributed by atoms with van der Waals surface area (Å²) in [6.07, 6.45) is 21.3. The van der Waals surface area contributed by atoms with Crippen molar-refractivity contribution in [3.63, 3.8) is 0 Å². The number of hydrogen-bond donors (Lipinski definition) is 12. The number of nitrogens with two attached hydrogens (primary N) is 3. The zero-order chi connectivity index (χ0) is 78.6. The number of nitro groups is 1. The number of carbonyl (C=O) groups is 7. The summed E-state index contributed by atoms with van der Waals surface area (Å²) in [5.41, 5.74) is 20.7. The maximum atomic E-state index is 12.7. The van der Waals surface area contributed by atoms with Gasteiger partial charge in [-0.15, -0.1) is 0 Å². The SMILES string of the molecule is CC(C)(C)OC(=O)NC1CC(N)C1.CC(C)(C)OC(=O)NC1CC(Nc2ccc(C(=O)NC3CCCCC3)cc2N)C1.CC(C)(C)OC(=O)NC1CC(Nc2ccc(C(=O)NC3CCCCC3)cc2[N+](=O)[O-])C1.CC(C)(C)OC(=O)NC1CC(n2c(N)nc3cc(C(=O)NC4CCCCC4)ccc32)C1.N#CBr. The highest BCUT2D eigenvalue weighted by Gasteiger charge is 2.38. The summed E-state index contributed by atoms with van der Waals surface area (Å²) in [5, 5.41) is 46.0. The van der Waals surface area contributed by atoms with Gasteiger partial charge < -0.3 is 88.6 Å². The summed E-state index contributed by atoms with van der Waals surface area (Å²) in [7, 11) is 0. The number of anilines is 4. The van der Waals surface area contributed by atoms with Gasteiger partial charge in [0.1, 0.15) is 33.1 Å². The van der Waals surface area contributed by atoms with Crippen molar-refractivity contribution < 1.29 is 57.4 Å². The number of amides is 7. The number of rotatable bonds is 16. The zero-order valence-corrected chi connectivity index (χ0v) is 66.1. The molecule has 0 saturated heterocycles. The molecule has 30 heteroatoms. The lowest BCUT2D eigenvalue weighted by molar-refractivity contribution is -0.384. The fourth-order valence-electron chi connectivity index (χ4n) is 13.7. The Morgan fingerprint density at radius 2 is 0.804 bits per heavy atom. The molecule has 0 spiro atoms. The second-order valence-electron chi connectivity index (χ2n) is 33.2. The fraction of sp³-hybridized carbons (Fsp3) is 0.649. The molecular weight excluding hydrogens is 1440 g/mol. The highest BCUT2D eigenvalue weighted by atomic mass is 79.9. The van der Waals surface area contributed by atoms with Crippen LogP contribution < -0.4 is 65.1 Å². The number of alkyl carbamates (subject to hydrolysis) is 4. The van der Waals surface area contributed by atoms with Crippen LogP contribution in [0.15, 0.2) is 54.6 Å². The number of halogens is 1. The van der Waals surface area contributed by atoms with Crippen LogP contribution in [0.5, 0.6) is 0 Å². The topological polar surface area (TPSA) is 427 Å². The first kappa shape index (κ1) is 85.4. The van der Waals surface area contributed by atoms with Crippen molar-refractivity contribution in [2.24, 2.45) is 5.73 Å². The summed E-state index contributed by atoms with van der Waals surface area (Å²) >= 11 is 2.45. The Balaban J connectivity index is 0.000000203. The molecule has 107 heavy (non-hydrogen) atoms. The van der Waals surface area contributed by atoms with Crippen LogP contribution >= 0.6 is 15.9 Å². The van der Waals surface area contributed by atoms with E-state index < -0.39 is 39.5 Å². The van der Waals surface area contributed by atoms with E-state index in [4.69, 9.17) is 41.4 Å². The highest BCUT2D eigenvalue weighted by molar-refractivity contribution is 9.12. The number of nitrogens with zero attached hydrogens (tertiary/aromatic N) is 4. The molecule has 29 nitrogen and oxygen atoms in total. The van der Waals surface area contributed by atoms with Crippen LogP contribution in [-0.4, -0.2) is 139 Å². The molecule has 15 N–H and O–H groups in total. The Hall–Kier alpha value is -8.85. The second kappa shape index (κ2) is 38.8. The second-order valence-corrected chi connectivity index (χ2v) is 33.6. The molecule has 0 bridgehead atoms. The number of nitrogen functional groups attached to an aromatic ring is 2. The quantitative estimate of drug-likeness (QED) is 0.0214. The number of benzene rings is 3. The van der Waals surface area contributed by atoms with Gasteiger partial charge in [0.2, 0.25) is 5.95 Å². The molecular formula is C77H117BrN16O13. The van der Waals surface area contributed by atoms with E-state index in [1.54, 1.807) is 43.9 Å². The molecule has 7 aliphatic carbocycles. The molecule has 0 unspecified atom stereocenters. The highest BCUT2D eigenvalue weighted by Crippen LogP contribution is 2.38. The van der Waals surface area contributed by atoms with Gasteiger partial charge in [-0.3, -0.25) is 24.5 Å². The van der Waals surface area contributed by atoms with Crippen LogP contribution in [0.4, 0.5) is 47.9 Å². The molecule has 3 aromatic carbocycles. The molecule has 1 heterocycles. The number of ether oxygens (including phenoxy) is 4. The number of nitro benzene ring substituents is 1. The van der Waals surface area contributed by atoms with Gasteiger partial charge in [0.15, 0.2) is 0 Å². The monoisotopic (exact) mass is 1550 g/mol. The predicted octanol–water partition coefficient (Wildman–Crippen LogP) is 13.7. The summed E-state index contributed by atoms with van der Waals surface area (Å²) < 4.78 is 22.9. The largest absolute Gasteiger partial charge is 0.444 e. The molecule has 0 atom stereocenters. The van der Waals surface area contributed by atoms with Gasteiger partial charge >= 0.3 is 24.4 Å². The third-order valence-electron chi connectivity index (χ3n) is 19.1. The van der Waals surface area contributed by atoms with Crippen LogP contribution in [0.25, 0.3) is 11.0 Å². The first-order valence-electron chi connectivity index (χ1n) is 37.9. The van der Waals surface area contributed by atoms with E-state index in [0.29, 0.717) is 46.9 Å². The number of aromatic nitrogens is 2. The van der Waals surface area contributed by atoms with Crippen molar-refractivity contribution in [1.29, 1.82) is 5.26 Å². The van der Waals surface area contributed by atoms with Crippen LogP contribution in [0.1, 0.15) is 268 Å². The molecule has 590 valence electrons. The van der Waals surface area contributed by atoms with Crippen molar-refractivity contribution in [2.45, 2.75) is 320 Å². The molecule has 7 fully saturated rings. The number of hydrogen-bond acceptors (Lipinski definition) is 20. The lowest BCUT2D eigenvalue weighted by Crippen LogP contribution is -2.51. The van der Waals surface area contributed by atoms with E-state index in [1.165, 1.54) is 51.0 Å². The first-order valence-corrected chi connectivity index (χ1v) is 38.7. The van der Waals surface area contributed by atoms with Crippen LogP contribution in [0, 0.1) is 20.4 Å².